The summed E-state index contributed by atoms with van der Waals surface area (Å²) in [4.78, 5) is 14.4. The molecule has 10 heteroatoms. The first kappa shape index (κ1) is 27.1. The molecule has 0 atom stereocenters. The van der Waals surface area contributed by atoms with Gasteiger partial charge >= 0.3 is 0 Å². The van der Waals surface area contributed by atoms with E-state index >= 15 is 0 Å². The number of piperazine rings is 1. The quantitative estimate of drug-likeness (QED) is 0.176. The molecule has 0 unspecified atom stereocenters. The molecule has 0 bridgehead atoms. The van der Waals surface area contributed by atoms with Crippen LogP contribution in [0.5, 0.6) is 11.5 Å². The topological polar surface area (TPSA) is 120 Å². The molecular formula is C26H38N6O4. The number of amidine groups is 2. The Balaban J connectivity index is 1.24. The predicted molar refractivity (Wildman–Crippen MR) is 141 cm³/mol. The van der Waals surface area contributed by atoms with Gasteiger partial charge in [-0.15, -0.1) is 0 Å². The molecule has 0 amide bonds. The van der Waals surface area contributed by atoms with Gasteiger partial charge in [0.05, 0.1) is 13.2 Å². The van der Waals surface area contributed by atoms with Gasteiger partial charge in [-0.3, -0.25) is 0 Å². The Morgan fingerprint density at radius 2 is 1.03 bits per heavy atom. The summed E-state index contributed by atoms with van der Waals surface area (Å²) in [5.74, 6) is 2.36. The van der Waals surface area contributed by atoms with Gasteiger partial charge < -0.3 is 40.4 Å². The van der Waals surface area contributed by atoms with E-state index in [1.165, 1.54) is 14.2 Å². The molecule has 0 spiro atoms. The maximum atomic E-state index is 5.86. The highest BCUT2D eigenvalue weighted by atomic mass is 16.6. The van der Waals surface area contributed by atoms with Crippen molar-refractivity contribution < 1.29 is 19.1 Å². The van der Waals surface area contributed by atoms with E-state index in [4.69, 9.17) is 30.6 Å². The molecule has 1 aliphatic rings. The van der Waals surface area contributed by atoms with Crippen molar-refractivity contribution in [2.45, 2.75) is 12.8 Å². The van der Waals surface area contributed by atoms with Crippen molar-refractivity contribution in [3.63, 3.8) is 0 Å². The molecule has 1 fully saturated rings. The Kier molecular flexibility index (Phi) is 11.1. The van der Waals surface area contributed by atoms with Crippen LogP contribution in [0.2, 0.25) is 0 Å². The fraction of sp³-hybridized carbons (Fsp3) is 0.462. The van der Waals surface area contributed by atoms with E-state index in [-0.39, 0.29) is 0 Å². The van der Waals surface area contributed by atoms with Crippen molar-refractivity contribution in [2.75, 3.05) is 66.7 Å². The Morgan fingerprint density at radius 3 is 1.36 bits per heavy atom. The zero-order valence-corrected chi connectivity index (χ0v) is 21.3. The van der Waals surface area contributed by atoms with Gasteiger partial charge in [-0.25, -0.2) is 0 Å². The van der Waals surface area contributed by atoms with Gasteiger partial charge in [-0.2, -0.15) is 0 Å². The molecule has 0 radical (unpaired) electrons. The van der Waals surface area contributed by atoms with Crippen molar-refractivity contribution in [1.29, 1.82) is 0 Å². The molecule has 4 N–H and O–H groups in total. The van der Waals surface area contributed by atoms with Gasteiger partial charge in [0.2, 0.25) is 0 Å². The standard InChI is InChI=1S/C26H38N6O4/c1-33-29-25(27)21-5-9-23(10-6-21)35-19-3-13-31-15-17-32(18-16-31)14-4-20-36-24-11-7-22(8-12-24)26(28)30-34-2/h5-12H,3-4,13-20H2,1-2H3,(H2,27,29)(H2,28,30). The summed E-state index contributed by atoms with van der Waals surface area (Å²) >= 11 is 0. The summed E-state index contributed by atoms with van der Waals surface area (Å²) in [6, 6.07) is 15.1. The predicted octanol–water partition coefficient (Wildman–Crippen LogP) is 2.08. The third kappa shape index (κ3) is 8.94. The van der Waals surface area contributed by atoms with Gasteiger partial charge in [0.15, 0.2) is 11.7 Å². The zero-order chi connectivity index (χ0) is 25.6. The zero-order valence-electron chi connectivity index (χ0n) is 21.3. The third-order valence-corrected chi connectivity index (χ3v) is 5.92. The summed E-state index contributed by atoms with van der Waals surface area (Å²) in [5.41, 5.74) is 13.2. The minimum atomic E-state index is 0.348. The first-order valence-electron chi connectivity index (χ1n) is 12.2. The maximum Gasteiger partial charge on any atom is 0.170 e. The van der Waals surface area contributed by atoms with Crippen molar-refractivity contribution in [2.24, 2.45) is 21.8 Å². The number of hydrogen-bond donors (Lipinski definition) is 2. The van der Waals surface area contributed by atoms with E-state index in [1.807, 2.05) is 48.5 Å². The molecule has 0 aliphatic carbocycles. The van der Waals surface area contributed by atoms with Crippen molar-refractivity contribution >= 4 is 11.7 Å². The minimum absolute atomic E-state index is 0.348. The van der Waals surface area contributed by atoms with E-state index in [9.17, 15) is 0 Å². The molecule has 2 aromatic carbocycles. The molecule has 0 aromatic heterocycles. The molecule has 2 aromatic rings. The lowest BCUT2D eigenvalue weighted by molar-refractivity contribution is 0.120. The average molecular weight is 499 g/mol. The van der Waals surface area contributed by atoms with Gasteiger partial charge in [-0.1, -0.05) is 10.3 Å². The Hall–Kier alpha value is -3.50. The van der Waals surface area contributed by atoms with E-state index in [0.717, 1.165) is 74.7 Å². The van der Waals surface area contributed by atoms with Gasteiger partial charge in [0, 0.05) is 50.4 Å². The molecule has 3 rings (SSSR count). The lowest BCUT2D eigenvalue weighted by atomic mass is 10.2. The number of nitrogens with zero attached hydrogens (tertiary/aromatic N) is 4. The fourth-order valence-electron chi connectivity index (χ4n) is 3.94. The molecule has 36 heavy (non-hydrogen) atoms. The first-order valence-corrected chi connectivity index (χ1v) is 12.2. The van der Waals surface area contributed by atoms with E-state index in [2.05, 4.69) is 20.1 Å². The van der Waals surface area contributed by atoms with Crippen LogP contribution in [-0.4, -0.2) is 88.2 Å². The van der Waals surface area contributed by atoms with Crippen molar-refractivity contribution in [1.82, 2.24) is 9.80 Å². The number of ether oxygens (including phenoxy) is 2. The second kappa shape index (κ2) is 14.8. The van der Waals surface area contributed by atoms with Crippen LogP contribution < -0.4 is 20.9 Å². The van der Waals surface area contributed by atoms with Crippen LogP contribution >= 0.6 is 0 Å². The van der Waals surface area contributed by atoms with Crippen LogP contribution in [0.4, 0.5) is 0 Å². The SMILES string of the molecule is CO/N=C(\N)c1ccc(OCCCN2CCN(CCCOc3ccc(/C(N)=N/OC)cc3)CC2)cc1. The van der Waals surface area contributed by atoms with E-state index in [1.54, 1.807) is 0 Å². The van der Waals surface area contributed by atoms with Crippen molar-refractivity contribution in [3.8, 4) is 11.5 Å². The largest absolute Gasteiger partial charge is 0.494 e. The molecular weight excluding hydrogens is 460 g/mol. The highest BCUT2D eigenvalue weighted by Gasteiger charge is 2.16. The van der Waals surface area contributed by atoms with Gasteiger partial charge in [0.25, 0.3) is 0 Å². The lowest BCUT2D eigenvalue weighted by Crippen LogP contribution is -2.47. The van der Waals surface area contributed by atoms with Gasteiger partial charge in [-0.05, 0) is 61.4 Å². The molecule has 10 nitrogen and oxygen atoms in total. The number of oxime groups is 2. The number of rotatable bonds is 14. The summed E-state index contributed by atoms with van der Waals surface area (Å²) in [5, 5.41) is 7.46. The van der Waals surface area contributed by atoms with E-state index < -0.39 is 0 Å². The lowest BCUT2D eigenvalue weighted by Gasteiger charge is -2.34. The van der Waals surface area contributed by atoms with Crippen molar-refractivity contribution in [3.05, 3.63) is 59.7 Å². The maximum absolute atomic E-state index is 5.86. The summed E-state index contributed by atoms with van der Waals surface area (Å²) in [6.45, 7) is 7.78. The molecule has 196 valence electrons. The summed E-state index contributed by atoms with van der Waals surface area (Å²) in [7, 11) is 2.95. The van der Waals surface area contributed by atoms with Crippen LogP contribution in [-0.2, 0) is 9.68 Å². The minimum Gasteiger partial charge on any atom is -0.494 e. The second-order valence-corrected chi connectivity index (χ2v) is 8.45. The molecule has 1 saturated heterocycles. The summed E-state index contributed by atoms with van der Waals surface area (Å²) in [6.07, 6.45) is 1.98. The van der Waals surface area contributed by atoms with Crippen LogP contribution in [0.25, 0.3) is 0 Å². The Labute approximate surface area is 213 Å². The third-order valence-electron chi connectivity index (χ3n) is 5.92. The molecule has 0 saturated carbocycles. The first-order chi connectivity index (χ1) is 17.6. The monoisotopic (exact) mass is 498 g/mol. The smallest absolute Gasteiger partial charge is 0.170 e. The van der Waals surface area contributed by atoms with Crippen LogP contribution in [0.15, 0.2) is 58.8 Å². The number of hydrogen-bond acceptors (Lipinski definition) is 8. The average Bonchev–Trinajstić information content (AvgIpc) is 2.91. The number of benzene rings is 2. The van der Waals surface area contributed by atoms with Crippen LogP contribution in [0.3, 0.4) is 0 Å². The van der Waals surface area contributed by atoms with Crippen LogP contribution in [0.1, 0.15) is 24.0 Å². The molecule has 1 aliphatic heterocycles. The van der Waals surface area contributed by atoms with E-state index in [0.29, 0.717) is 24.9 Å². The Bertz CT molecular complexity index is 878. The highest BCUT2D eigenvalue weighted by molar-refractivity contribution is 5.97. The normalized spacial score (nSPS) is 15.5. The molecule has 1 heterocycles. The highest BCUT2D eigenvalue weighted by Crippen LogP contribution is 2.14. The fourth-order valence-corrected chi connectivity index (χ4v) is 3.94. The summed E-state index contributed by atoms with van der Waals surface area (Å²) < 4.78 is 11.7. The van der Waals surface area contributed by atoms with Crippen LogP contribution in [0, 0.1) is 0 Å². The second-order valence-electron chi connectivity index (χ2n) is 8.45. The number of nitrogens with two attached hydrogens (primary N) is 2. The Morgan fingerprint density at radius 1 is 0.667 bits per heavy atom. The van der Waals surface area contributed by atoms with Gasteiger partial charge in [0.1, 0.15) is 25.7 Å².